The van der Waals surface area contributed by atoms with E-state index in [2.05, 4.69) is 0 Å². The lowest BCUT2D eigenvalue weighted by atomic mass is 10.1. The monoisotopic (exact) mass is 388 g/mol. The van der Waals surface area contributed by atoms with Crippen LogP contribution in [0.25, 0.3) is 0 Å². The van der Waals surface area contributed by atoms with Crippen molar-refractivity contribution in [2.75, 3.05) is 26.2 Å². The first-order valence-electron chi connectivity index (χ1n) is 9.37. The summed E-state index contributed by atoms with van der Waals surface area (Å²) in [4.78, 5) is 14.8. The third kappa shape index (κ3) is 5.17. The number of rotatable bonds is 9. The van der Waals surface area contributed by atoms with Crippen LogP contribution in [0.5, 0.6) is 0 Å². The molecule has 0 unspecified atom stereocenters. The number of carbonyl (C=O) groups is 1. The highest BCUT2D eigenvalue weighted by Crippen LogP contribution is 2.18. The molecule has 2 aromatic carbocycles. The Balaban J connectivity index is 2.20. The van der Waals surface area contributed by atoms with E-state index in [0.29, 0.717) is 31.7 Å². The lowest BCUT2D eigenvalue weighted by Crippen LogP contribution is -2.33. The number of sulfonamides is 1. The first-order chi connectivity index (χ1) is 12.9. The summed E-state index contributed by atoms with van der Waals surface area (Å²) in [6, 6.07) is 16.3. The minimum atomic E-state index is -3.58. The zero-order valence-corrected chi connectivity index (χ0v) is 17.1. The highest BCUT2D eigenvalue weighted by atomic mass is 32.2. The van der Waals surface area contributed by atoms with Gasteiger partial charge in [-0.1, -0.05) is 50.2 Å². The molecule has 0 aliphatic rings. The van der Waals surface area contributed by atoms with E-state index in [9.17, 15) is 13.2 Å². The van der Waals surface area contributed by atoms with Gasteiger partial charge in [-0.25, -0.2) is 8.42 Å². The molecule has 146 valence electrons. The second-order valence-electron chi connectivity index (χ2n) is 6.24. The van der Waals surface area contributed by atoms with Crippen molar-refractivity contribution in [3.8, 4) is 0 Å². The maximum atomic E-state index is 12.9. The van der Waals surface area contributed by atoms with Crippen molar-refractivity contribution >= 4 is 15.9 Å². The molecule has 5 nitrogen and oxygen atoms in total. The van der Waals surface area contributed by atoms with Gasteiger partial charge >= 0.3 is 0 Å². The number of likely N-dealkylation sites (N-methyl/N-ethyl adjacent to an activating group) is 1. The molecule has 0 heterocycles. The summed E-state index contributed by atoms with van der Waals surface area (Å²) >= 11 is 0. The summed E-state index contributed by atoms with van der Waals surface area (Å²) in [5.74, 6) is -0.148. The van der Waals surface area contributed by atoms with E-state index in [1.165, 1.54) is 15.9 Å². The summed E-state index contributed by atoms with van der Waals surface area (Å²) in [6.45, 7) is 7.49. The number of hydrogen-bond donors (Lipinski definition) is 0. The van der Waals surface area contributed by atoms with Crippen molar-refractivity contribution < 1.29 is 13.2 Å². The van der Waals surface area contributed by atoms with E-state index in [-0.39, 0.29) is 10.8 Å². The minimum absolute atomic E-state index is 0.148. The molecular formula is C21H28N2O3S. The van der Waals surface area contributed by atoms with Gasteiger partial charge in [-0.05, 0) is 37.1 Å². The van der Waals surface area contributed by atoms with Crippen molar-refractivity contribution in [2.24, 2.45) is 0 Å². The van der Waals surface area contributed by atoms with Crippen molar-refractivity contribution in [2.45, 2.75) is 32.1 Å². The van der Waals surface area contributed by atoms with Crippen LogP contribution in [0.1, 0.15) is 36.7 Å². The standard InChI is InChI=1S/C21H28N2O3S/c1-4-22(16-15-18-11-8-7-9-12-18)21(24)19-13-10-14-20(17-19)27(25,26)23(5-2)6-3/h7-14,17H,4-6,15-16H2,1-3H3. The fraction of sp³-hybridized carbons (Fsp3) is 0.381. The average molecular weight is 389 g/mol. The molecular weight excluding hydrogens is 360 g/mol. The maximum absolute atomic E-state index is 12.9. The predicted octanol–water partition coefficient (Wildman–Crippen LogP) is 3.42. The number of carbonyl (C=O) groups excluding carboxylic acids is 1. The molecule has 0 N–H and O–H groups in total. The summed E-state index contributed by atoms with van der Waals surface area (Å²) in [5, 5.41) is 0. The summed E-state index contributed by atoms with van der Waals surface area (Å²) in [5.41, 5.74) is 1.57. The molecule has 27 heavy (non-hydrogen) atoms. The molecule has 1 amide bonds. The van der Waals surface area contributed by atoms with Crippen molar-refractivity contribution in [3.63, 3.8) is 0 Å². The third-order valence-electron chi connectivity index (χ3n) is 4.61. The Labute approximate surface area is 162 Å². The molecule has 0 aliphatic carbocycles. The van der Waals surface area contributed by atoms with Crippen LogP contribution in [-0.2, 0) is 16.4 Å². The van der Waals surface area contributed by atoms with Crippen LogP contribution in [0, 0.1) is 0 Å². The Kier molecular flexibility index (Phi) is 7.56. The van der Waals surface area contributed by atoms with E-state index in [0.717, 1.165) is 6.42 Å². The molecule has 0 saturated carbocycles. The van der Waals surface area contributed by atoms with Crippen LogP contribution >= 0.6 is 0 Å². The molecule has 2 aromatic rings. The second-order valence-corrected chi connectivity index (χ2v) is 8.18. The molecule has 6 heteroatoms. The van der Waals surface area contributed by atoms with Gasteiger partial charge in [0, 0.05) is 31.7 Å². The molecule has 0 aromatic heterocycles. The normalized spacial score (nSPS) is 11.6. The van der Waals surface area contributed by atoms with Crippen molar-refractivity contribution in [1.82, 2.24) is 9.21 Å². The predicted molar refractivity (Wildman–Crippen MR) is 108 cm³/mol. The van der Waals surface area contributed by atoms with Crippen molar-refractivity contribution in [3.05, 3.63) is 65.7 Å². The van der Waals surface area contributed by atoms with Crippen LogP contribution < -0.4 is 0 Å². The molecule has 0 fully saturated rings. The molecule has 2 rings (SSSR count). The lowest BCUT2D eigenvalue weighted by molar-refractivity contribution is 0.0766. The van der Waals surface area contributed by atoms with Crippen LogP contribution in [0.4, 0.5) is 0 Å². The fourth-order valence-electron chi connectivity index (χ4n) is 3.00. The lowest BCUT2D eigenvalue weighted by Gasteiger charge is -2.22. The Bertz CT molecular complexity index is 847. The van der Waals surface area contributed by atoms with Crippen LogP contribution in [0.3, 0.4) is 0 Å². The van der Waals surface area contributed by atoms with Gasteiger partial charge in [0.15, 0.2) is 0 Å². The van der Waals surface area contributed by atoms with Crippen LogP contribution in [0.2, 0.25) is 0 Å². The first-order valence-corrected chi connectivity index (χ1v) is 10.8. The van der Waals surface area contributed by atoms with E-state index >= 15 is 0 Å². The quantitative estimate of drug-likeness (QED) is 0.661. The zero-order valence-electron chi connectivity index (χ0n) is 16.3. The van der Waals surface area contributed by atoms with Gasteiger partial charge in [0.1, 0.15) is 0 Å². The van der Waals surface area contributed by atoms with Crippen LogP contribution in [0.15, 0.2) is 59.5 Å². The van der Waals surface area contributed by atoms with Gasteiger partial charge in [-0.3, -0.25) is 4.79 Å². The highest BCUT2D eigenvalue weighted by molar-refractivity contribution is 7.89. The average Bonchev–Trinajstić information content (AvgIpc) is 2.70. The van der Waals surface area contributed by atoms with E-state index in [1.807, 2.05) is 37.3 Å². The van der Waals surface area contributed by atoms with Gasteiger partial charge in [-0.2, -0.15) is 4.31 Å². The molecule has 0 radical (unpaired) electrons. The summed E-state index contributed by atoms with van der Waals surface area (Å²) < 4.78 is 26.8. The molecule has 0 bridgehead atoms. The van der Waals surface area contributed by atoms with Gasteiger partial charge in [0.25, 0.3) is 5.91 Å². The number of amides is 1. The molecule has 0 aliphatic heterocycles. The Morgan fingerprint density at radius 1 is 0.889 bits per heavy atom. The number of hydrogen-bond acceptors (Lipinski definition) is 3. The van der Waals surface area contributed by atoms with Gasteiger partial charge in [0.2, 0.25) is 10.0 Å². The Morgan fingerprint density at radius 2 is 1.56 bits per heavy atom. The van der Waals surface area contributed by atoms with Gasteiger partial charge in [-0.15, -0.1) is 0 Å². The van der Waals surface area contributed by atoms with E-state index in [4.69, 9.17) is 0 Å². The SMILES string of the molecule is CCN(CCc1ccccc1)C(=O)c1cccc(S(=O)(=O)N(CC)CC)c1. The topological polar surface area (TPSA) is 57.7 Å². The maximum Gasteiger partial charge on any atom is 0.253 e. The molecule has 0 atom stereocenters. The third-order valence-corrected chi connectivity index (χ3v) is 6.65. The van der Waals surface area contributed by atoms with Gasteiger partial charge < -0.3 is 4.90 Å². The molecule has 0 saturated heterocycles. The summed E-state index contributed by atoms with van der Waals surface area (Å²) in [7, 11) is -3.58. The largest absolute Gasteiger partial charge is 0.339 e. The van der Waals surface area contributed by atoms with Crippen LogP contribution in [-0.4, -0.2) is 49.7 Å². The van der Waals surface area contributed by atoms with Crippen molar-refractivity contribution in [1.29, 1.82) is 0 Å². The van der Waals surface area contributed by atoms with E-state index < -0.39 is 10.0 Å². The summed E-state index contributed by atoms with van der Waals surface area (Å²) in [6.07, 6.45) is 0.762. The second kappa shape index (κ2) is 9.67. The number of benzene rings is 2. The van der Waals surface area contributed by atoms with E-state index in [1.54, 1.807) is 36.9 Å². The Morgan fingerprint density at radius 3 is 2.15 bits per heavy atom. The Hall–Kier alpha value is -2.18. The van der Waals surface area contributed by atoms with Gasteiger partial charge in [0.05, 0.1) is 4.90 Å². The minimum Gasteiger partial charge on any atom is -0.339 e. The smallest absolute Gasteiger partial charge is 0.253 e. The zero-order chi connectivity index (χ0) is 19.9. The fourth-order valence-corrected chi connectivity index (χ4v) is 4.50. The highest BCUT2D eigenvalue weighted by Gasteiger charge is 2.23. The molecule has 0 spiro atoms. The number of nitrogens with zero attached hydrogens (tertiary/aromatic N) is 2. The first kappa shape index (κ1) is 21.1.